The third-order valence-corrected chi connectivity index (χ3v) is 4.78. The number of hydrogen-bond acceptors (Lipinski definition) is 9. The molecule has 16 heteroatoms. The van der Waals surface area contributed by atoms with Crippen LogP contribution in [0, 0.1) is 0 Å². The number of aliphatic carboxylic acids is 1. The van der Waals surface area contributed by atoms with E-state index in [2.05, 4.69) is 25.6 Å². The Morgan fingerprint density at radius 3 is 2.26 bits per heavy atom. The number of aliphatic hydroxyl groups excluding tert-OH is 2. The van der Waals surface area contributed by atoms with Crippen LogP contribution in [0.2, 0.25) is 0 Å². The first kappa shape index (κ1) is 29.3. The minimum Gasteiger partial charge on any atom is -0.480 e. The Bertz CT molecular complexity index is 872. The maximum absolute atomic E-state index is 12.9. The van der Waals surface area contributed by atoms with E-state index in [0.29, 0.717) is 12.1 Å². The van der Waals surface area contributed by atoms with Gasteiger partial charge in [-0.3, -0.25) is 19.4 Å². The van der Waals surface area contributed by atoms with Gasteiger partial charge in [-0.15, -0.1) is 0 Å². The third kappa shape index (κ3) is 10.4. The molecule has 5 atom stereocenters. The van der Waals surface area contributed by atoms with Crippen molar-refractivity contribution >= 4 is 29.7 Å². The van der Waals surface area contributed by atoms with Gasteiger partial charge < -0.3 is 53.5 Å². The molecule has 0 radical (unpaired) electrons. The summed E-state index contributed by atoms with van der Waals surface area (Å²) in [5.74, 6) is -4.14. The summed E-state index contributed by atoms with van der Waals surface area (Å²) in [6, 6.07) is -5.43. The van der Waals surface area contributed by atoms with Crippen molar-refractivity contribution in [2.75, 3.05) is 13.2 Å². The van der Waals surface area contributed by atoms with Crippen LogP contribution in [0.4, 0.5) is 0 Å². The molecule has 196 valence electrons. The molecule has 1 aromatic rings. The summed E-state index contributed by atoms with van der Waals surface area (Å²) in [6.07, 6.45) is 1.94. The number of nitrogens with one attached hydrogen (secondary N) is 4. The second kappa shape index (κ2) is 14.5. The molecule has 5 unspecified atom stereocenters. The van der Waals surface area contributed by atoms with Crippen molar-refractivity contribution < 1.29 is 34.5 Å². The average Bonchev–Trinajstić information content (AvgIpc) is 3.30. The number of aromatic amines is 1. The fraction of sp³-hybridized carbons (Fsp3) is 0.579. The van der Waals surface area contributed by atoms with E-state index >= 15 is 0 Å². The highest BCUT2D eigenvalue weighted by molar-refractivity contribution is 5.94. The Kier molecular flexibility index (Phi) is 12.1. The number of aromatic nitrogens is 2. The summed E-state index contributed by atoms with van der Waals surface area (Å²) in [5.41, 5.74) is 16.8. The number of carbonyl (C=O) groups is 4. The van der Waals surface area contributed by atoms with Crippen LogP contribution >= 0.6 is 0 Å². The number of rotatable bonds is 15. The largest absolute Gasteiger partial charge is 0.480 e. The highest BCUT2D eigenvalue weighted by Crippen LogP contribution is 2.03. The smallest absolute Gasteiger partial charge is 0.328 e. The van der Waals surface area contributed by atoms with Crippen molar-refractivity contribution in [3.05, 3.63) is 18.2 Å². The lowest BCUT2D eigenvalue weighted by molar-refractivity contribution is -0.145. The third-order valence-electron chi connectivity index (χ3n) is 4.78. The molecule has 16 nitrogen and oxygen atoms in total. The number of carboxylic acid groups (broad SMARTS) is 1. The Hall–Kier alpha value is -3.76. The zero-order valence-corrected chi connectivity index (χ0v) is 19.2. The van der Waals surface area contributed by atoms with Crippen molar-refractivity contribution in [3.63, 3.8) is 0 Å². The van der Waals surface area contributed by atoms with Crippen molar-refractivity contribution in [2.45, 2.75) is 56.5 Å². The topological polar surface area (TPSA) is 284 Å². The molecule has 1 heterocycles. The van der Waals surface area contributed by atoms with E-state index in [-0.39, 0.29) is 25.3 Å². The maximum Gasteiger partial charge on any atom is 0.328 e. The van der Waals surface area contributed by atoms with Gasteiger partial charge in [-0.1, -0.05) is 0 Å². The van der Waals surface area contributed by atoms with Crippen LogP contribution in [-0.2, 0) is 25.6 Å². The van der Waals surface area contributed by atoms with E-state index in [1.54, 1.807) is 0 Å². The van der Waals surface area contributed by atoms with E-state index in [1.807, 2.05) is 5.32 Å². The zero-order chi connectivity index (χ0) is 26.5. The summed E-state index contributed by atoms with van der Waals surface area (Å²) in [4.78, 5) is 59.4. The van der Waals surface area contributed by atoms with Gasteiger partial charge in [-0.25, -0.2) is 9.78 Å². The van der Waals surface area contributed by atoms with Gasteiger partial charge in [0.05, 0.1) is 25.1 Å². The molecule has 1 rings (SSSR count). The number of aliphatic imine (C=N–C) groups is 1. The Morgan fingerprint density at radius 1 is 1.11 bits per heavy atom. The van der Waals surface area contributed by atoms with Crippen LogP contribution in [0.1, 0.15) is 25.5 Å². The molecule has 0 aliphatic heterocycles. The molecule has 0 aromatic carbocycles. The molecule has 0 bridgehead atoms. The summed E-state index contributed by atoms with van der Waals surface area (Å²) in [6.45, 7) is 0.541. The predicted molar refractivity (Wildman–Crippen MR) is 122 cm³/mol. The van der Waals surface area contributed by atoms with Crippen LogP contribution < -0.4 is 33.2 Å². The fourth-order valence-corrected chi connectivity index (χ4v) is 2.86. The first-order valence-electron chi connectivity index (χ1n) is 10.7. The first-order chi connectivity index (χ1) is 16.5. The van der Waals surface area contributed by atoms with Crippen molar-refractivity contribution in [1.82, 2.24) is 25.9 Å². The van der Waals surface area contributed by atoms with Gasteiger partial charge in [-0.2, -0.15) is 0 Å². The van der Waals surface area contributed by atoms with Gasteiger partial charge in [0.1, 0.15) is 12.1 Å². The Balaban J connectivity index is 2.87. The zero-order valence-electron chi connectivity index (χ0n) is 19.2. The summed E-state index contributed by atoms with van der Waals surface area (Å²) in [5, 5.41) is 35.0. The van der Waals surface area contributed by atoms with Gasteiger partial charge in [0.2, 0.25) is 17.7 Å². The lowest BCUT2D eigenvalue weighted by Crippen LogP contribution is -2.59. The molecule has 0 aliphatic carbocycles. The molecule has 3 amide bonds. The first-order valence-corrected chi connectivity index (χ1v) is 10.7. The number of nitrogens with two attached hydrogens (primary N) is 3. The number of carboxylic acids is 1. The lowest BCUT2D eigenvalue weighted by Gasteiger charge is -2.24. The molecule has 0 saturated carbocycles. The standard InChI is InChI=1S/C19H33N9O7/c1-9(30)14(18(34)35)28-17(33)13(7-29)27-16(32)12(5-10-6-23-8-25-10)26-15(31)11(20)3-2-4-24-19(21)22/h6,8-9,11-14,29-30H,2-5,7,20H2,1H3,(H,23,25)(H,26,31)(H,27,32)(H,28,33)(H,34,35)(H4,21,22,24). The number of carbonyl (C=O) groups excluding carboxylic acids is 3. The highest BCUT2D eigenvalue weighted by Gasteiger charge is 2.31. The molecule has 35 heavy (non-hydrogen) atoms. The van der Waals surface area contributed by atoms with Crippen LogP contribution in [0.3, 0.4) is 0 Å². The molecule has 0 spiro atoms. The lowest BCUT2D eigenvalue weighted by atomic mass is 10.1. The second-order valence-electron chi connectivity index (χ2n) is 7.71. The van der Waals surface area contributed by atoms with Crippen LogP contribution in [0.15, 0.2) is 17.5 Å². The number of amides is 3. The summed E-state index contributed by atoms with van der Waals surface area (Å²) in [7, 11) is 0. The van der Waals surface area contributed by atoms with E-state index in [4.69, 9.17) is 22.3 Å². The highest BCUT2D eigenvalue weighted by atomic mass is 16.4. The average molecular weight is 500 g/mol. The molecule has 0 fully saturated rings. The van der Waals surface area contributed by atoms with Gasteiger partial charge >= 0.3 is 5.97 Å². The van der Waals surface area contributed by atoms with E-state index in [9.17, 15) is 29.4 Å². The monoisotopic (exact) mass is 499 g/mol. The Morgan fingerprint density at radius 2 is 1.74 bits per heavy atom. The molecule has 0 aliphatic rings. The number of imidazole rings is 1. The SMILES string of the molecule is CC(O)C(NC(=O)C(CO)NC(=O)C(Cc1cnc[nH]1)NC(=O)C(N)CCCN=C(N)N)C(=O)O. The quantitative estimate of drug-likeness (QED) is 0.0620. The normalized spacial score (nSPS) is 15.1. The van der Waals surface area contributed by atoms with E-state index < -0.39 is 60.6 Å². The molecule has 1 aromatic heterocycles. The van der Waals surface area contributed by atoms with E-state index in [0.717, 1.165) is 6.92 Å². The van der Waals surface area contributed by atoms with Gasteiger partial charge in [-0.05, 0) is 19.8 Å². The molecular weight excluding hydrogens is 466 g/mol. The summed E-state index contributed by atoms with van der Waals surface area (Å²) >= 11 is 0. The molecular formula is C19H33N9O7. The second-order valence-corrected chi connectivity index (χ2v) is 7.71. The van der Waals surface area contributed by atoms with Crippen molar-refractivity contribution in [1.29, 1.82) is 0 Å². The van der Waals surface area contributed by atoms with E-state index in [1.165, 1.54) is 12.5 Å². The minimum absolute atomic E-state index is 0.0521. The number of H-pyrrole nitrogens is 1. The number of hydrogen-bond donors (Lipinski definition) is 10. The van der Waals surface area contributed by atoms with Gasteiger partial charge in [0, 0.05) is 24.9 Å². The maximum atomic E-state index is 12.9. The number of nitrogens with zero attached hydrogens (tertiary/aromatic N) is 2. The van der Waals surface area contributed by atoms with Crippen LogP contribution in [0.25, 0.3) is 0 Å². The fourth-order valence-electron chi connectivity index (χ4n) is 2.86. The van der Waals surface area contributed by atoms with Crippen LogP contribution in [0.5, 0.6) is 0 Å². The molecule has 13 N–H and O–H groups in total. The van der Waals surface area contributed by atoms with Crippen molar-refractivity contribution in [2.24, 2.45) is 22.2 Å². The molecule has 0 saturated heterocycles. The minimum atomic E-state index is -1.66. The van der Waals surface area contributed by atoms with Crippen LogP contribution in [-0.4, -0.2) is 98.4 Å². The van der Waals surface area contributed by atoms with Gasteiger partial charge in [0.25, 0.3) is 0 Å². The van der Waals surface area contributed by atoms with Crippen molar-refractivity contribution in [3.8, 4) is 0 Å². The number of guanidine groups is 1. The number of aliphatic hydroxyl groups is 2. The predicted octanol–water partition coefficient (Wildman–Crippen LogP) is -4.75. The van der Waals surface area contributed by atoms with Gasteiger partial charge in [0.15, 0.2) is 12.0 Å². The Labute approximate surface area is 200 Å². The summed E-state index contributed by atoms with van der Waals surface area (Å²) < 4.78 is 0.